The van der Waals surface area contributed by atoms with Crippen molar-refractivity contribution in [2.45, 2.75) is 44.4 Å². The van der Waals surface area contributed by atoms with E-state index < -0.39 is 10.0 Å². The predicted octanol–water partition coefficient (Wildman–Crippen LogP) is 3.98. The molecule has 0 fully saturated rings. The third-order valence-electron chi connectivity index (χ3n) is 5.78. The summed E-state index contributed by atoms with van der Waals surface area (Å²) in [5, 5.41) is 4.63. The van der Waals surface area contributed by atoms with E-state index in [1.807, 2.05) is 81.2 Å². The van der Waals surface area contributed by atoms with Crippen LogP contribution in [0.4, 0.5) is 0 Å². The Bertz CT molecular complexity index is 1140. The van der Waals surface area contributed by atoms with E-state index >= 15 is 0 Å². The van der Waals surface area contributed by atoms with Crippen LogP contribution in [-0.2, 0) is 29.7 Å². The molecule has 3 rings (SSSR count). The molecule has 0 saturated carbocycles. The molecule has 0 saturated heterocycles. The van der Waals surface area contributed by atoms with Gasteiger partial charge in [-0.1, -0.05) is 38.1 Å². The van der Waals surface area contributed by atoms with Gasteiger partial charge in [-0.3, -0.25) is 4.68 Å². The van der Waals surface area contributed by atoms with E-state index in [1.54, 1.807) is 20.3 Å². The lowest BCUT2D eigenvalue weighted by atomic mass is 10.1. The molecular formula is C26H36N4O4S. The van der Waals surface area contributed by atoms with Gasteiger partial charge in [-0.2, -0.15) is 9.40 Å². The van der Waals surface area contributed by atoms with Gasteiger partial charge in [0.2, 0.25) is 0 Å². The Kier molecular flexibility index (Phi) is 8.93. The van der Waals surface area contributed by atoms with Crippen LogP contribution in [0.15, 0.2) is 59.6 Å². The molecule has 1 heterocycles. The second-order valence-corrected chi connectivity index (χ2v) is 10.9. The standard InChI is InChI=1S/C26H36N4O4S/c1-20(2)25-17-26(27-30(25)16-15-28(3)4)35(31,32)29(18-21-7-11-23(33-5)12-8-21)19-22-9-13-24(34-6)14-10-22/h7-14,17,20H,15-16,18-19H2,1-6H3. The number of ether oxygens (including phenoxy) is 2. The van der Waals surface area contributed by atoms with E-state index in [9.17, 15) is 8.42 Å². The monoisotopic (exact) mass is 500 g/mol. The van der Waals surface area contributed by atoms with Gasteiger partial charge < -0.3 is 14.4 Å². The van der Waals surface area contributed by atoms with Crippen molar-refractivity contribution in [3.8, 4) is 11.5 Å². The summed E-state index contributed by atoms with van der Waals surface area (Å²) in [5.41, 5.74) is 2.62. The molecule has 1 aromatic heterocycles. The highest BCUT2D eigenvalue weighted by Crippen LogP contribution is 2.25. The lowest BCUT2D eigenvalue weighted by Crippen LogP contribution is -2.31. The number of benzene rings is 2. The highest BCUT2D eigenvalue weighted by Gasteiger charge is 2.29. The van der Waals surface area contributed by atoms with E-state index in [4.69, 9.17) is 9.47 Å². The normalized spacial score (nSPS) is 12.0. The molecule has 0 bridgehead atoms. The van der Waals surface area contributed by atoms with Crippen LogP contribution in [0, 0.1) is 0 Å². The topological polar surface area (TPSA) is 76.9 Å². The molecule has 0 aliphatic heterocycles. The molecule has 0 atom stereocenters. The lowest BCUT2D eigenvalue weighted by molar-refractivity contribution is 0.364. The third kappa shape index (κ3) is 6.84. The van der Waals surface area contributed by atoms with Crippen LogP contribution in [0.5, 0.6) is 11.5 Å². The first-order valence-corrected chi connectivity index (χ1v) is 13.1. The van der Waals surface area contributed by atoms with Crippen molar-refractivity contribution in [1.82, 2.24) is 19.0 Å². The van der Waals surface area contributed by atoms with Gasteiger partial charge in [-0.25, -0.2) is 8.42 Å². The van der Waals surface area contributed by atoms with Crippen molar-refractivity contribution in [1.29, 1.82) is 0 Å². The molecule has 190 valence electrons. The van der Waals surface area contributed by atoms with Crippen molar-refractivity contribution in [2.24, 2.45) is 0 Å². The zero-order valence-corrected chi connectivity index (χ0v) is 22.2. The minimum absolute atomic E-state index is 0.0713. The first kappa shape index (κ1) is 26.7. The molecule has 0 unspecified atom stereocenters. The van der Waals surface area contributed by atoms with E-state index in [0.717, 1.165) is 34.9 Å². The smallest absolute Gasteiger partial charge is 0.262 e. The first-order chi connectivity index (χ1) is 16.6. The van der Waals surface area contributed by atoms with Crippen LogP contribution < -0.4 is 9.47 Å². The van der Waals surface area contributed by atoms with E-state index in [0.29, 0.717) is 6.54 Å². The summed E-state index contributed by atoms with van der Waals surface area (Å²) in [6.45, 7) is 5.90. The van der Waals surface area contributed by atoms with E-state index in [-0.39, 0.29) is 24.0 Å². The van der Waals surface area contributed by atoms with Gasteiger partial charge in [0.1, 0.15) is 11.5 Å². The average Bonchev–Trinajstić information content (AvgIpc) is 3.29. The fourth-order valence-corrected chi connectivity index (χ4v) is 5.07. The van der Waals surface area contributed by atoms with Crippen molar-refractivity contribution in [3.05, 3.63) is 71.4 Å². The maximum Gasteiger partial charge on any atom is 0.262 e. The summed E-state index contributed by atoms with van der Waals surface area (Å²) in [6.07, 6.45) is 0. The summed E-state index contributed by atoms with van der Waals surface area (Å²) >= 11 is 0. The Morgan fingerprint density at radius 2 is 1.37 bits per heavy atom. The van der Waals surface area contributed by atoms with Crippen LogP contribution in [0.1, 0.15) is 36.6 Å². The zero-order valence-electron chi connectivity index (χ0n) is 21.4. The highest BCUT2D eigenvalue weighted by molar-refractivity contribution is 7.89. The van der Waals surface area contributed by atoms with Gasteiger partial charge in [-0.05, 0) is 55.4 Å². The van der Waals surface area contributed by atoms with Gasteiger partial charge in [0.15, 0.2) is 5.03 Å². The molecular weight excluding hydrogens is 464 g/mol. The summed E-state index contributed by atoms with van der Waals surface area (Å²) in [4.78, 5) is 2.06. The Labute approximate surface area is 209 Å². The number of methoxy groups -OCH3 is 2. The number of rotatable bonds is 12. The van der Waals surface area contributed by atoms with E-state index in [2.05, 4.69) is 10.00 Å². The minimum Gasteiger partial charge on any atom is -0.497 e. The number of aromatic nitrogens is 2. The Hall–Kier alpha value is -2.88. The maximum atomic E-state index is 13.9. The summed E-state index contributed by atoms with van der Waals surface area (Å²) < 4.78 is 41.6. The minimum atomic E-state index is -3.88. The molecule has 8 nitrogen and oxygen atoms in total. The third-order valence-corrected chi connectivity index (χ3v) is 7.45. The van der Waals surface area contributed by atoms with Gasteiger partial charge >= 0.3 is 0 Å². The highest BCUT2D eigenvalue weighted by atomic mass is 32.2. The van der Waals surface area contributed by atoms with Crippen molar-refractivity contribution in [2.75, 3.05) is 34.9 Å². The fraction of sp³-hybridized carbons (Fsp3) is 0.423. The molecule has 0 aliphatic carbocycles. The molecule has 0 amide bonds. The van der Waals surface area contributed by atoms with Gasteiger partial charge in [0.05, 0.1) is 20.8 Å². The number of hydrogen-bond acceptors (Lipinski definition) is 6. The quantitative estimate of drug-likeness (QED) is 0.374. The number of hydrogen-bond donors (Lipinski definition) is 0. The number of nitrogens with zero attached hydrogens (tertiary/aromatic N) is 4. The molecule has 3 aromatic rings. The lowest BCUT2D eigenvalue weighted by Gasteiger charge is -2.21. The Morgan fingerprint density at radius 3 is 1.77 bits per heavy atom. The molecule has 0 spiro atoms. The van der Waals surface area contributed by atoms with Crippen LogP contribution in [0.3, 0.4) is 0 Å². The largest absolute Gasteiger partial charge is 0.497 e. The molecule has 0 radical (unpaired) electrons. The van der Waals surface area contributed by atoms with Crippen LogP contribution >= 0.6 is 0 Å². The molecule has 9 heteroatoms. The SMILES string of the molecule is COc1ccc(CN(Cc2ccc(OC)cc2)S(=O)(=O)c2cc(C(C)C)n(CCN(C)C)n2)cc1. The molecule has 0 aliphatic rings. The van der Waals surface area contributed by atoms with Gasteiger partial charge in [-0.15, -0.1) is 0 Å². The van der Waals surface area contributed by atoms with Gasteiger partial charge in [0, 0.05) is 31.4 Å². The maximum absolute atomic E-state index is 13.9. The van der Waals surface area contributed by atoms with Crippen molar-refractivity contribution >= 4 is 10.0 Å². The van der Waals surface area contributed by atoms with Crippen LogP contribution in [0.25, 0.3) is 0 Å². The van der Waals surface area contributed by atoms with Crippen LogP contribution in [0.2, 0.25) is 0 Å². The summed E-state index contributed by atoms with van der Waals surface area (Å²) in [5.74, 6) is 1.59. The second-order valence-electron chi connectivity index (χ2n) is 9.06. The van der Waals surface area contributed by atoms with Gasteiger partial charge in [0.25, 0.3) is 10.0 Å². The number of likely N-dealkylation sites (N-methyl/N-ethyl adjacent to an activating group) is 1. The van der Waals surface area contributed by atoms with Crippen LogP contribution in [-0.4, -0.2) is 62.3 Å². The van der Waals surface area contributed by atoms with E-state index in [1.165, 1.54) is 4.31 Å². The van der Waals surface area contributed by atoms with Crippen molar-refractivity contribution < 1.29 is 17.9 Å². The van der Waals surface area contributed by atoms with Crippen molar-refractivity contribution in [3.63, 3.8) is 0 Å². The molecule has 2 aromatic carbocycles. The fourth-order valence-electron chi connectivity index (χ4n) is 3.70. The molecule has 35 heavy (non-hydrogen) atoms. The predicted molar refractivity (Wildman–Crippen MR) is 137 cm³/mol. The zero-order chi connectivity index (χ0) is 25.6. The average molecular weight is 501 g/mol. The Morgan fingerprint density at radius 1 is 0.886 bits per heavy atom. The molecule has 0 N–H and O–H groups in total. The Balaban J connectivity index is 1.98. The summed E-state index contributed by atoms with van der Waals surface area (Å²) in [6, 6.07) is 16.6. The first-order valence-electron chi connectivity index (χ1n) is 11.6. The second kappa shape index (κ2) is 11.7. The number of sulfonamides is 1. The summed E-state index contributed by atoms with van der Waals surface area (Å²) in [7, 11) is 3.31.